The van der Waals surface area contributed by atoms with E-state index in [1.54, 1.807) is 0 Å². The Bertz CT molecular complexity index is 2860. The number of furan rings is 1. The van der Waals surface area contributed by atoms with Crippen LogP contribution in [0.1, 0.15) is 0 Å². The van der Waals surface area contributed by atoms with Gasteiger partial charge < -0.3 is 4.42 Å². The molecule has 0 N–H and O–H groups in total. The molecule has 2 aromatic heterocycles. The van der Waals surface area contributed by atoms with Crippen molar-refractivity contribution in [2.24, 2.45) is 0 Å². The fourth-order valence-corrected chi connectivity index (χ4v) is 7.33. The second-order valence-corrected chi connectivity index (χ2v) is 13.2. The number of fused-ring (bicyclic) bond motifs is 5. The minimum atomic E-state index is 0.584. The molecule has 10 aromatic rings. The maximum absolute atomic E-state index is 6.90. The zero-order valence-electron chi connectivity index (χ0n) is 28.6. The highest BCUT2D eigenvalue weighted by atomic mass is 16.3. The average Bonchev–Trinajstić information content (AvgIpc) is 3.65. The highest BCUT2D eigenvalue weighted by Crippen LogP contribution is 2.43. The molecule has 4 nitrogen and oxygen atoms in total. The van der Waals surface area contributed by atoms with E-state index in [2.05, 4.69) is 140 Å². The Morgan fingerprint density at radius 2 is 0.792 bits per heavy atom. The first kappa shape index (κ1) is 30.6. The third kappa shape index (κ3) is 5.54. The molecule has 2 heterocycles. The van der Waals surface area contributed by atoms with Gasteiger partial charge in [-0.1, -0.05) is 152 Å². The van der Waals surface area contributed by atoms with E-state index in [1.807, 2.05) is 48.5 Å². The van der Waals surface area contributed by atoms with Gasteiger partial charge in [-0.05, 0) is 69.6 Å². The molecule has 0 amide bonds. The van der Waals surface area contributed by atoms with Gasteiger partial charge >= 0.3 is 0 Å². The van der Waals surface area contributed by atoms with Gasteiger partial charge in [-0.25, -0.2) is 15.0 Å². The molecule has 8 aromatic carbocycles. The molecule has 0 saturated carbocycles. The molecule has 0 aliphatic rings. The molecule has 10 rings (SSSR count). The first-order valence-corrected chi connectivity index (χ1v) is 17.8. The lowest BCUT2D eigenvalue weighted by atomic mass is 9.95. The minimum Gasteiger partial charge on any atom is -0.455 e. The molecule has 0 aliphatic carbocycles. The second kappa shape index (κ2) is 12.9. The van der Waals surface area contributed by atoms with Gasteiger partial charge in [0.25, 0.3) is 0 Å². The Morgan fingerprint density at radius 1 is 0.302 bits per heavy atom. The fraction of sp³-hybridized carbons (Fsp3) is 0. The van der Waals surface area contributed by atoms with Crippen molar-refractivity contribution in [3.05, 3.63) is 188 Å². The molecule has 0 bridgehead atoms. The zero-order valence-corrected chi connectivity index (χ0v) is 28.6. The van der Waals surface area contributed by atoms with Gasteiger partial charge in [0.2, 0.25) is 0 Å². The van der Waals surface area contributed by atoms with Crippen LogP contribution in [0.5, 0.6) is 0 Å². The lowest BCUT2D eigenvalue weighted by Crippen LogP contribution is -2.01. The minimum absolute atomic E-state index is 0.584. The van der Waals surface area contributed by atoms with Crippen LogP contribution in [0.2, 0.25) is 0 Å². The molecule has 0 unspecified atom stereocenters. The number of benzene rings is 8. The van der Waals surface area contributed by atoms with Gasteiger partial charge in [0.15, 0.2) is 17.5 Å². The number of aromatic nitrogens is 3. The van der Waals surface area contributed by atoms with Crippen molar-refractivity contribution in [3.63, 3.8) is 0 Å². The topological polar surface area (TPSA) is 51.8 Å². The van der Waals surface area contributed by atoms with Crippen LogP contribution in [0.25, 0.3) is 100 Å². The zero-order chi connectivity index (χ0) is 35.1. The maximum atomic E-state index is 6.90. The SMILES string of the molecule is c1ccc(-c2cc(-c3ccccc3)cc(-c3nc(-c4ccccc4)nc(-c4ccc(-c5ccccc5)c5oc6c7ccccc7ccc6c45)n3)c2)cc1. The van der Waals surface area contributed by atoms with E-state index in [0.29, 0.717) is 17.5 Å². The Labute approximate surface area is 306 Å². The predicted octanol–water partition coefficient (Wildman–Crippen LogP) is 12.9. The summed E-state index contributed by atoms with van der Waals surface area (Å²) in [5, 5.41) is 4.19. The van der Waals surface area contributed by atoms with E-state index in [0.717, 1.165) is 82.8 Å². The summed E-state index contributed by atoms with van der Waals surface area (Å²) in [4.78, 5) is 15.7. The molecular weight excluding hydrogens is 647 g/mol. The van der Waals surface area contributed by atoms with E-state index in [9.17, 15) is 0 Å². The van der Waals surface area contributed by atoms with Crippen molar-refractivity contribution < 1.29 is 4.42 Å². The summed E-state index contributed by atoms with van der Waals surface area (Å²) in [5.41, 5.74) is 10.9. The van der Waals surface area contributed by atoms with Gasteiger partial charge in [0.1, 0.15) is 11.2 Å². The molecule has 53 heavy (non-hydrogen) atoms. The van der Waals surface area contributed by atoms with Crippen LogP contribution in [0, 0.1) is 0 Å². The summed E-state index contributed by atoms with van der Waals surface area (Å²) < 4.78 is 6.90. The Morgan fingerprint density at radius 3 is 1.43 bits per heavy atom. The van der Waals surface area contributed by atoms with Crippen molar-refractivity contribution in [1.29, 1.82) is 0 Å². The molecule has 0 spiro atoms. The number of rotatable bonds is 6. The van der Waals surface area contributed by atoms with Gasteiger partial charge in [0.05, 0.1) is 0 Å². The van der Waals surface area contributed by atoms with Gasteiger partial charge in [-0.3, -0.25) is 0 Å². The molecule has 248 valence electrons. The molecule has 0 aliphatic heterocycles. The molecule has 4 heteroatoms. The number of hydrogen-bond donors (Lipinski definition) is 0. The van der Waals surface area contributed by atoms with Gasteiger partial charge in [-0.15, -0.1) is 0 Å². The molecule has 0 saturated heterocycles. The molecule has 0 fully saturated rings. The summed E-state index contributed by atoms with van der Waals surface area (Å²) >= 11 is 0. The van der Waals surface area contributed by atoms with E-state index in [4.69, 9.17) is 19.4 Å². The average molecular weight is 678 g/mol. The summed E-state index contributed by atoms with van der Waals surface area (Å²) in [5.74, 6) is 1.79. The first-order valence-electron chi connectivity index (χ1n) is 17.8. The van der Waals surface area contributed by atoms with Crippen molar-refractivity contribution in [3.8, 4) is 67.5 Å². The van der Waals surface area contributed by atoms with Crippen LogP contribution < -0.4 is 0 Å². The van der Waals surface area contributed by atoms with Crippen LogP contribution in [-0.4, -0.2) is 15.0 Å². The Kier molecular flexibility index (Phi) is 7.43. The quantitative estimate of drug-likeness (QED) is 0.176. The normalized spacial score (nSPS) is 11.4. The van der Waals surface area contributed by atoms with Gasteiger partial charge in [0, 0.05) is 38.4 Å². The van der Waals surface area contributed by atoms with Crippen molar-refractivity contribution in [2.75, 3.05) is 0 Å². The first-order chi connectivity index (χ1) is 26.3. The maximum Gasteiger partial charge on any atom is 0.164 e. The van der Waals surface area contributed by atoms with E-state index >= 15 is 0 Å². The van der Waals surface area contributed by atoms with Crippen LogP contribution in [0.4, 0.5) is 0 Å². The van der Waals surface area contributed by atoms with E-state index in [1.165, 1.54) is 0 Å². The monoisotopic (exact) mass is 677 g/mol. The lowest BCUT2D eigenvalue weighted by molar-refractivity contribution is 0.674. The van der Waals surface area contributed by atoms with Crippen molar-refractivity contribution >= 4 is 32.7 Å². The van der Waals surface area contributed by atoms with Crippen molar-refractivity contribution in [2.45, 2.75) is 0 Å². The summed E-state index contributed by atoms with van der Waals surface area (Å²) in [6.07, 6.45) is 0. The molecule has 0 atom stereocenters. The van der Waals surface area contributed by atoms with Crippen molar-refractivity contribution in [1.82, 2.24) is 15.0 Å². The Balaban J connectivity index is 1.26. The standard InChI is InChI=1S/C49H31N3O/c1-5-15-32(16-6-1)37-29-38(33-17-7-2-8-18-33)31-39(30-37)48-50-47(36-22-11-4-12-23-36)51-49(52-48)43-28-27-41(34-19-9-3-10-20-34)46-44(43)42-26-25-35-21-13-14-24-40(35)45(42)53-46/h1-31H. The van der Waals surface area contributed by atoms with Gasteiger partial charge in [-0.2, -0.15) is 0 Å². The molecular formula is C49H31N3O. The van der Waals surface area contributed by atoms with Crippen LogP contribution in [0.15, 0.2) is 192 Å². The summed E-state index contributed by atoms with van der Waals surface area (Å²) in [6, 6.07) is 65.1. The van der Waals surface area contributed by atoms with Crippen LogP contribution >= 0.6 is 0 Å². The van der Waals surface area contributed by atoms with Crippen LogP contribution in [-0.2, 0) is 0 Å². The smallest absolute Gasteiger partial charge is 0.164 e. The molecule has 0 radical (unpaired) electrons. The highest BCUT2D eigenvalue weighted by molar-refractivity contribution is 6.21. The summed E-state index contributed by atoms with van der Waals surface area (Å²) in [7, 11) is 0. The Hall–Kier alpha value is -7.17. The van der Waals surface area contributed by atoms with Crippen LogP contribution in [0.3, 0.4) is 0 Å². The number of nitrogens with zero attached hydrogens (tertiary/aromatic N) is 3. The fourth-order valence-electron chi connectivity index (χ4n) is 7.33. The van der Waals surface area contributed by atoms with E-state index < -0.39 is 0 Å². The summed E-state index contributed by atoms with van der Waals surface area (Å²) in [6.45, 7) is 0. The lowest BCUT2D eigenvalue weighted by Gasteiger charge is -2.13. The largest absolute Gasteiger partial charge is 0.455 e. The van der Waals surface area contributed by atoms with E-state index in [-0.39, 0.29) is 0 Å². The third-order valence-corrected chi connectivity index (χ3v) is 9.91. The number of hydrogen-bond acceptors (Lipinski definition) is 4. The highest BCUT2D eigenvalue weighted by Gasteiger charge is 2.22. The second-order valence-electron chi connectivity index (χ2n) is 13.2. The predicted molar refractivity (Wildman–Crippen MR) is 217 cm³/mol. The third-order valence-electron chi connectivity index (χ3n) is 9.91.